The Morgan fingerprint density at radius 1 is 1.50 bits per heavy atom. The van der Waals surface area contributed by atoms with Gasteiger partial charge in [0.05, 0.1) is 0 Å². The van der Waals surface area contributed by atoms with Crippen molar-refractivity contribution in [3.05, 3.63) is 0 Å². The zero-order chi connectivity index (χ0) is 8.72. The van der Waals surface area contributed by atoms with E-state index < -0.39 is 12.0 Å². The van der Waals surface area contributed by atoms with Crippen molar-refractivity contribution in [3.8, 4) is 0 Å². The highest BCUT2D eigenvalue weighted by atomic mass is 16.4. The van der Waals surface area contributed by atoms with E-state index in [1.54, 1.807) is 0 Å². The van der Waals surface area contributed by atoms with Gasteiger partial charge >= 0.3 is 5.97 Å². The molecule has 0 aromatic heterocycles. The van der Waals surface area contributed by atoms with Crippen LogP contribution in [-0.4, -0.2) is 29.4 Å². The number of carbonyl (C=O) groups is 2. The fourth-order valence-corrected chi connectivity index (χ4v) is 2.27. The lowest BCUT2D eigenvalue weighted by atomic mass is 9.94. The molecule has 0 unspecified atom stereocenters. The second-order valence-corrected chi connectivity index (χ2v) is 3.60. The van der Waals surface area contributed by atoms with Crippen molar-refractivity contribution in [1.29, 1.82) is 0 Å². The average Bonchev–Trinajstić information content (AvgIpc) is 2.43. The summed E-state index contributed by atoms with van der Waals surface area (Å²) in [6.45, 7) is 0.688. The molecule has 2 fully saturated rings. The summed E-state index contributed by atoms with van der Waals surface area (Å²) in [5, 5.41) is 11.7. The van der Waals surface area contributed by atoms with E-state index in [0.717, 1.165) is 0 Å². The van der Waals surface area contributed by atoms with Gasteiger partial charge in [-0.2, -0.15) is 0 Å². The van der Waals surface area contributed by atoms with Gasteiger partial charge in [0, 0.05) is 12.8 Å². The number of hydrogen-bond acceptors (Lipinski definition) is 3. The number of hydrogen-bond donors (Lipinski definition) is 2. The molecule has 0 radical (unpaired) electrons. The number of carboxylic acids is 1. The van der Waals surface area contributed by atoms with E-state index in [1.165, 1.54) is 0 Å². The van der Waals surface area contributed by atoms with Crippen molar-refractivity contribution in [2.24, 2.45) is 11.8 Å². The van der Waals surface area contributed by atoms with E-state index in [1.807, 2.05) is 0 Å². The van der Waals surface area contributed by atoms with E-state index >= 15 is 0 Å². The number of carbonyl (C=O) groups excluding carboxylic acids is 1. The van der Waals surface area contributed by atoms with Crippen LogP contribution in [0, 0.1) is 11.8 Å². The second kappa shape index (κ2) is 2.55. The maximum Gasteiger partial charge on any atom is 0.321 e. The zero-order valence-corrected chi connectivity index (χ0v) is 6.62. The lowest BCUT2D eigenvalue weighted by Gasteiger charge is -2.11. The van der Waals surface area contributed by atoms with Gasteiger partial charge in [0.25, 0.3) is 0 Å². The number of nitrogens with one attached hydrogen (secondary N) is 1. The SMILES string of the molecule is O=C1C[C@@H]2CN[C@@H](C(=O)O)[C@H]2C1. The lowest BCUT2D eigenvalue weighted by molar-refractivity contribution is -0.140. The number of fused-ring (bicyclic) bond motifs is 1. The summed E-state index contributed by atoms with van der Waals surface area (Å²) in [6.07, 6.45) is 1.02. The Hall–Kier alpha value is -0.900. The third kappa shape index (κ3) is 1.03. The van der Waals surface area contributed by atoms with Gasteiger partial charge in [0.15, 0.2) is 0 Å². The van der Waals surface area contributed by atoms with Gasteiger partial charge in [-0.1, -0.05) is 0 Å². The molecule has 2 aliphatic rings. The lowest BCUT2D eigenvalue weighted by Crippen LogP contribution is -2.35. The number of rotatable bonds is 1. The van der Waals surface area contributed by atoms with Crippen LogP contribution in [0.1, 0.15) is 12.8 Å². The van der Waals surface area contributed by atoms with Crippen LogP contribution in [0.25, 0.3) is 0 Å². The molecule has 2 N–H and O–H groups in total. The van der Waals surface area contributed by atoms with Crippen molar-refractivity contribution in [1.82, 2.24) is 5.32 Å². The smallest absolute Gasteiger partial charge is 0.321 e. The molecule has 1 heterocycles. The number of Topliss-reactive ketones (excluding diaryl/α,β-unsaturated/α-hetero) is 1. The minimum Gasteiger partial charge on any atom is -0.480 e. The summed E-state index contributed by atoms with van der Waals surface area (Å²) in [7, 11) is 0. The van der Waals surface area contributed by atoms with Crippen LogP contribution >= 0.6 is 0 Å². The number of aliphatic carboxylic acids is 1. The van der Waals surface area contributed by atoms with Gasteiger partial charge in [0.1, 0.15) is 11.8 Å². The molecule has 1 saturated carbocycles. The van der Waals surface area contributed by atoms with Crippen LogP contribution in [0.5, 0.6) is 0 Å². The normalized spacial score (nSPS) is 40.0. The summed E-state index contributed by atoms with van der Waals surface area (Å²) < 4.78 is 0. The van der Waals surface area contributed by atoms with Crippen LogP contribution in [0.2, 0.25) is 0 Å². The fraction of sp³-hybridized carbons (Fsp3) is 0.750. The highest BCUT2D eigenvalue weighted by molar-refractivity contribution is 5.84. The molecule has 2 rings (SSSR count). The molecule has 0 bridgehead atoms. The van der Waals surface area contributed by atoms with Gasteiger partial charge in [-0.3, -0.25) is 9.59 Å². The van der Waals surface area contributed by atoms with Crippen LogP contribution in [-0.2, 0) is 9.59 Å². The van der Waals surface area contributed by atoms with E-state index in [0.29, 0.717) is 19.4 Å². The second-order valence-electron chi connectivity index (χ2n) is 3.60. The highest BCUT2D eigenvalue weighted by Gasteiger charge is 2.45. The van der Waals surface area contributed by atoms with E-state index in [2.05, 4.69) is 5.32 Å². The first-order chi connectivity index (χ1) is 5.68. The quantitative estimate of drug-likeness (QED) is 0.562. The average molecular weight is 169 g/mol. The highest BCUT2D eigenvalue weighted by Crippen LogP contribution is 2.35. The summed E-state index contributed by atoms with van der Waals surface area (Å²) in [4.78, 5) is 21.7. The Labute approximate surface area is 69.9 Å². The largest absolute Gasteiger partial charge is 0.480 e. The maximum atomic E-state index is 11.0. The van der Waals surface area contributed by atoms with Crippen LogP contribution in [0.4, 0.5) is 0 Å². The maximum absolute atomic E-state index is 11.0. The summed E-state index contributed by atoms with van der Waals surface area (Å²) >= 11 is 0. The molecule has 4 nitrogen and oxygen atoms in total. The molecule has 0 aromatic carbocycles. The van der Waals surface area contributed by atoms with Crippen molar-refractivity contribution >= 4 is 11.8 Å². The molecule has 1 aliphatic carbocycles. The minimum absolute atomic E-state index is 0.0509. The third-order valence-electron chi connectivity index (χ3n) is 2.85. The van der Waals surface area contributed by atoms with E-state index in [-0.39, 0.29) is 17.6 Å². The predicted molar refractivity (Wildman–Crippen MR) is 40.6 cm³/mol. The summed E-state index contributed by atoms with van der Waals surface area (Å²) in [6, 6.07) is -0.485. The topological polar surface area (TPSA) is 66.4 Å². The first-order valence-electron chi connectivity index (χ1n) is 4.16. The molecule has 0 spiro atoms. The van der Waals surface area contributed by atoms with Crippen molar-refractivity contribution in [2.75, 3.05) is 6.54 Å². The first-order valence-corrected chi connectivity index (χ1v) is 4.16. The Balaban J connectivity index is 2.13. The molecule has 1 aliphatic heterocycles. The van der Waals surface area contributed by atoms with E-state index in [4.69, 9.17) is 5.11 Å². The molecular formula is C8H11NO3. The summed E-state index contributed by atoms with van der Waals surface area (Å²) in [5.41, 5.74) is 0. The molecular weight excluding hydrogens is 158 g/mol. The third-order valence-corrected chi connectivity index (χ3v) is 2.85. The Kier molecular flexibility index (Phi) is 1.65. The fourth-order valence-electron chi connectivity index (χ4n) is 2.27. The van der Waals surface area contributed by atoms with E-state index in [9.17, 15) is 9.59 Å². The first kappa shape index (κ1) is 7.73. The van der Waals surface area contributed by atoms with Crippen molar-refractivity contribution in [3.63, 3.8) is 0 Å². The van der Waals surface area contributed by atoms with Gasteiger partial charge in [-0.15, -0.1) is 0 Å². The molecule has 3 atom stereocenters. The zero-order valence-electron chi connectivity index (χ0n) is 6.62. The molecule has 0 aromatic rings. The predicted octanol–water partition coefficient (Wildman–Crippen LogP) is -0.362. The van der Waals surface area contributed by atoms with Crippen LogP contribution in [0.3, 0.4) is 0 Å². The van der Waals surface area contributed by atoms with Gasteiger partial charge in [-0.05, 0) is 18.4 Å². The number of ketones is 1. The van der Waals surface area contributed by atoms with Gasteiger partial charge in [0.2, 0.25) is 0 Å². The van der Waals surface area contributed by atoms with Crippen LogP contribution in [0.15, 0.2) is 0 Å². The van der Waals surface area contributed by atoms with Gasteiger partial charge < -0.3 is 10.4 Å². The van der Waals surface area contributed by atoms with Crippen molar-refractivity contribution < 1.29 is 14.7 Å². The minimum atomic E-state index is -0.822. The number of carboxylic acid groups (broad SMARTS) is 1. The van der Waals surface area contributed by atoms with Crippen molar-refractivity contribution in [2.45, 2.75) is 18.9 Å². The standard InChI is InChI=1S/C8H11NO3/c10-5-1-4-3-9-7(8(11)12)6(4)2-5/h4,6-7,9H,1-3H2,(H,11,12)/t4-,6+,7-/m1/s1. The molecule has 4 heteroatoms. The Bertz CT molecular complexity index is 238. The molecule has 12 heavy (non-hydrogen) atoms. The Morgan fingerprint density at radius 3 is 2.92 bits per heavy atom. The molecule has 0 amide bonds. The Morgan fingerprint density at radius 2 is 2.25 bits per heavy atom. The molecule has 1 saturated heterocycles. The monoisotopic (exact) mass is 169 g/mol. The summed E-state index contributed by atoms with van der Waals surface area (Å²) in [5.74, 6) is -0.274. The van der Waals surface area contributed by atoms with Gasteiger partial charge in [-0.25, -0.2) is 0 Å². The van der Waals surface area contributed by atoms with Crippen LogP contribution < -0.4 is 5.32 Å². The molecule has 66 valence electrons.